The predicted octanol–water partition coefficient (Wildman–Crippen LogP) is 3.75. The highest BCUT2D eigenvalue weighted by Gasteiger charge is 2.29. The third-order valence-electron chi connectivity index (χ3n) is 5.08. The average molecular weight is 393 g/mol. The molecule has 0 spiro atoms. The molecular weight excluding hydrogens is 371 g/mol. The molecule has 1 aliphatic heterocycles. The minimum Gasteiger partial charge on any atom is -0.370 e. The first-order chi connectivity index (χ1) is 13.4. The Kier molecular flexibility index (Phi) is 4.91. The van der Waals surface area contributed by atoms with Gasteiger partial charge in [0.2, 0.25) is 0 Å². The van der Waals surface area contributed by atoms with Crippen LogP contribution in [0, 0.1) is 5.92 Å². The molecule has 6 nitrogen and oxygen atoms in total. The molecule has 3 heterocycles. The number of amides is 2. The van der Waals surface area contributed by atoms with Crippen molar-refractivity contribution in [1.29, 1.82) is 0 Å². The highest BCUT2D eigenvalue weighted by Crippen LogP contribution is 2.32. The van der Waals surface area contributed by atoms with Gasteiger partial charge in [-0.05, 0) is 48.4 Å². The number of urea groups is 1. The van der Waals surface area contributed by atoms with E-state index in [-0.39, 0.29) is 6.54 Å². The van der Waals surface area contributed by atoms with Gasteiger partial charge in [-0.2, -0.15) is 13.2 Å². The number of aromatic amines is 1. The molecule has 2 aromatic rings. The summed E-state index contributed by atoms with van der Waals surface area (Å²) in [5, 5.41) is 6.31. The number of carbonyl (C=O) groups is 1. The lowest BCUT2D eigenvalue weighted by molar-refractivity contribution is -0.123. The molecule has 0 bridgehead atoms. The molecule has 2 aromatic heterocycles. The number of alkyl halides is 3. The first-order valence-corrected chi connectivity index (χ1v) is 9.40. The standard InChI is InChI=1S/C19H22F3N5O/c20-19(21,22)11-25-18(28)27-7-4-13(5-8-27)15-9-16(24-10-12-1-2-12)26-17-14(15)3-6-23-17/h3-4,6,9,12H,1-2,5,7-8,10-11H2,(H,25,28)(H2,23,24,26). The second-order valence-electron chi connectivity index (χ2n) is 7.32. The van der Waals surface area contributed by atoms with Crippen molar-refractivity contribution in [3.05, 3.63) is 30.0 Å². The Bertz CT molecular complexity index is 901. The van der Waals surface area contributed by atoms with Crippen molar-refractivity contribution in [2.45, 2.75) is 25.4 Å². The number of carbonyl (C=O) groups excluding carboxylic acids is 1. The van der Waals surface area contributed by atoms with E-state index in [9.17, 15) is 18.0 Å². The van der Waals surface area contributed by atoms with Gasteiger partial charge in [-0.1, -0.05) is 6.08 Å². The van der Waals surface area contributed by atoms with Gasteiger partial charge in [0.1, 0.15) is 18.0 Å². The number of nitrogens with zero attached hydrogens (tertiary/aromatic N) is 2. The number of H-pyrrole nitrogens is 1. The lowest BCUT2D eigenvalue weighted by Gasteiger charge is -2.27. The Balaban J connectivity index is 1.48. The maximum atomic E-state index is 12.3. The molecule has 0 radical (unpaired) electrons. The van der Waals surface area contributed by atoms with Crippen LogP contribution < -0.4 is 10.6 Å². The van der Waals surface area contributed by atoms with Crippen LogP contribution in [0.15, 0.2) is 24.4 Å². The number of anilines is 1. The summed E-state index contributed by atoms with van der Waals surface area (Å²) in [6, 6.07) is 3.29. The summed E-state index contributed by atoms with van der Waals surface area (Å²) in [4.78, 5) is 21.1. The van der Waals surface area contributed by atoms with Gasteiger partial charge in [0.05, 0.1) is 0 Å². The minimum absolute atomic E-state index is 0.276. The predicted molar refractivity (Wildman–Crippen MR) is 101 cm³/mol. The summed E-state index contributed by atoms with van der Waals surface area (Å²) in [6.45, 7) is 0.237. The Morgan fingerprint density at radius 2 is 2.18 bits per heavy atom. The Hall–Kier alpha value is -2.71. The molecule has 4 rings (SSSR count). The number of rotatable bonds is 5. The van der Waals surface area contributed by atoms with Crippen LogP contribution in [-0.4, -0.2) is 53.3 Å². The monoisotopic (exact) mass is 393 g/mol. The zero-order valence-corrected chi connectivity index (χ0v) is 15.3. The fourth-order valence-electron chi connectivity index (χ4n) is 3.35. The van der Waals surface area contributed by atoms with Crippen molar-refractivity contribution in [1.82, 2.24) is 20.2 Å². The van der Waals surface area contributed by atoms with E-state index in [1.54, 1.807) is 0 Å². The molecule has 0 aromatic carbocycles. The van der Waals surface area contributed by atoms with Gasteiger partial charge in [-0.25, -0.2) is 9.78 Å². The van der Waals surface area contributed by atoms with E-state index < -0.39 is 18.8 Å². The summed E-state index contributed by atoms with van der Waals surface area (Å²) in [6.07, 6.45) is 2.41. The highest BCUT2D eigenvalue weighted by molar-refractivity contribution is 5.92. The molecule has 1 aliphatic carbocycles. The van der Waals surface area contributed by atoms with Gasteiger partial charge in [0.25, 0.3) is 0 Å². The second-order valence-corrected chi connectivity index (χ2v) is 7.32. The SMILES string of the molecule is O=C(NCC(F)(F)F)N1CC=C(c2cc(NCC3CC3)nc3[nH]ccc23)CC1. The lowest BCUT2D eigenvalue weighted by atomic mass is 9.97. The maximum Gasteiger partial charge on any atom is 0.405 e. The molecule has 150 valence electrons. The molecule has 9 heteroatoms. The number of aromatic nitrogens is 2. The second kappa shape index (κ2) is 7.37. The molecule has 28 heavy (non-hydrogen) atoms. The number of halogens is 3. The van der Waals surface area contributed by atoms with Gasteiger partial charge < -0.3 is 20.5 Å². The van der Waals surface area contributed by atoms with Crippen LogP contribution in [0.1, 0.15) is 24.8 Å². The molecule has 1 fully saturated rings. The molecule has 1 saturated carbocycles. The summed E-state index contributed by atoms with van der Waals surface area (Å²) >= 11 is 0. The first kappa shape index (κ1) is 18.6. The minimum atomic E-state index is -4.41. The summed E-state index contributed by atoms with van der Waals surface area (Å²) in [5.74, 6) is 1.53. The van der Waals surface area contributed by atoms with Gasteiger partial charge in [-0.15, -0.1) is 0 Å². The van der Waals surface area contributed by atoms with Crippen LogP contribution in [0.2, 0.25) is 0 Å². The van der Waals surface area contributed by atoms with Crippen LogP contribution >= 0.6 is 0 Å². The molecule has 3 N–H and O–H groups in total. The first-order valence-electron chi connectivity index (χ1n) is 9.40. The lowest BCUT2D eigenvalue weighted by Crippen LogP contribution is -2.45. The third-order valence-corrected chi connectivity index (χ3v) is 5.08. The number of fused-ring (bicyclic) bond motifs is 1. The van der Waals surface area contributed by atoms with Crippen LogP contribution in [0.25, 0.3) is 16.6 Å². The Morgan fingerprint density at radius 3 is 2.86 bits per heavy atom. The summed E-state index contributed by atoms with van der Waals surface area (Å²) in [5.41, 5.74) is 2.91. The van der Waals surface area contributed by atoms with E-state index >= 15 is 0 Å². The fraction of sp³-hybridized carbons (Fsp3) is 0.474. The fourth-order valence-corrected chi connectivity index (χ4v) is 3.35. The van der Waals surface area contributed by atoms with Crippen LogP contribution in [0.5, 0.6) is 0 Å². The third kappa shape index (κ3) is 4.40. The van der Waals surface area contributed by atoms with E-state index in [0.29, 0.717) is 13.0 Å². The summed E-state index contributed by atoms with van der Waals surface area (Å²) < 4.78 is 36.8. The number of pyridine rings is 1. The molecule has 2 amide bonds. The Morgan fingerprint density at radius 1 is 1.36 bits per heavy atom. The van der Waals surface area contributed by atoms with Gasteiger partial charge in [0, 0.05) is 31.2 Å². The van der Waals surface area contributed by atoms with Crippen molar-refractivity contribution in [2.75, 3.05) is 31.5 Å². The molecule has 0 atom stereocenters. The average Bonchev–Trinajstić information content (AvgIpc) is 3.38. The quantitative estimate of drug-likeness (QED) is 0.725. The van der Waals surface area contributed by atoms with Crippen molar-refractivity contribution >= 4 is 28.5 Å². The van der Waals surface area contributed by atoms with Gasteiger partial charge >= 0.3 is 12.2 Å². The Labute approximate surface area is 160 Å². The van der Waals surface area contributed by atoms with Crippen molar-refractivity contribution in [3.63, 3.8) is 0 Å². The molecular formula is C19H22F3N5O. The number of nitrogens with one attached hydrogen (secondary N) is 3. The van der Waals surface area contributed by atoms with E-state index in [1.165, 1.54) is 17.7 Å². The maximum absolute atomic E-state index is 12.3. The van der Waals surface area contributed by atoms with Crippen molar-refractivity contribution in [3.8, 4) is 0 Å². The zero-order valence-electron chi connectivity index (χ0n) is 15.3. The van der Waals surface area contributed by atoms with E-state index in [1.807, 2.05) is 29.7 Å². The van der Waals surface area contributed by atoms with Gasteiger partial charge in [-0.3, -0.25) is 0 Å². The van der Waals surface area contributed by atoms with Crippen LogP contribution in [-0.2, 0) is 0 Å². The van der Waals surface area contributed by atoms with Crippen molar-refractivity contribution < 1.29 is 18.0 Å². The van der Waals surface area contributed by atoms with E-state index in [0.717, 1.165) is 40.5 Å². The number of hydrogen-bond donors (Lipinski definition) is 3. The largest absolute Gasteiger partial charge is 0.405 e. The normalized spacial score (nSPS) is 17.5. The van der Waals surface area contributed by atoms with Gasteiger partial charge in [0.15, 0.2) is 0 Å². The smallest absolute Gasteiger partial charge is 0.370 e. The molecule has 0 unspecified atom stereocenters. The molecule has 2 aliphatic rings. The van der Waals surface area contributed by atoms with Crippen molar-refractivity contribution in [2.24, 2.45) is 5.92 Å². The summed E-state index contributed by atoms with van der Waals surface area (Å²) in [7, 11) is 0. The van der Waals surface area contributed by atoms with E-state index in [2.05, 4.69) is 15.3 Å². The molecule has 0 saturated heterocycles. The number of hydrogen-bond acceptors (Lipinski definition) is 3. The van der Waals surface area contributed by atoms with E-state index in [4.69, 9.17) is 0 Å². The topological polar surface area (TPSA) is 73.1 Å². The highest BCUT2D eigenvalue weighted by atomic mass is 19.4. The zero-order chi connectivity index (χ0) is 19.7. The van der Waals surface area contributed by atoms with Crippen LogP contribution in [0.4, 0.5) is 23.8 Å². The van der Waals surface area contributed by atoms with Crippen LogP contribution in [0.3, 0.4) is 0 Å².